The Labute approximate surface area is 242 Å². The number of amides is 4. The topological polar surface area (TPSA) is 128 Å². The third-order valence-corrected chi connectivity index (χ3v) is 8.10. The molecule has 2 aliphatic rings. The maximum absolute atomic E-state index is 13.8. The molecule has 2 aromatic rings. The lowest BCUT2D eigenvalue weighted by molar-refractivity contribution is -0.138. The van der Waals surface area contributed by atoms with E-state index >= 15 is 0 Å². The summed E-state index contributed by atoms with van der Waals surface area (Å²) in [6.07, 6.45) is 3.03. The number of halogens is 2. The molecule has 0 radical (unpaired) electrons. The number of carbonyl (C=O) groups is 4. The molecule has 2 fully saturated rings. The Balaban J connectivity index is 1.62. The Kier molecular flexibility index (Phi) is 9.76. The van der Waals surface area contributed by atoms with E-state index in [-0.39, 0.29) is 30.5 Å². The summed E-state index contributed by atoms with van der Waals surface area (Å²) in [7, 11) is 1.48. The molecule has 0 bridgehead atoms. The lowest BCUT2D eigenvalue weighted by Gasteiger charge is -2.34. The third kappa shape index (κ3) is 6.98. The van der Waals surface area contributed by atoms with Gasteiger partial charge in [0.1, 0.15) is 5.75 Å². The Bertz CT molecular complexity index is 1270. The van der Waals surface area contributed by atoms with Crippen molar-refractivity contribution in [3.05, 3.63) is 58.1 Å². The van der Waals surface area contributed by atoms with Crippen LogP contribution in [0, 0.1) is 5.92 Å². The van der Waals surface area contributed by atoms with Crippen molar-refractivity contribution >= 4 is 52.7 Å². The fraction of sp³-hybridized carbons (Fsp3) is 0.429. The molecule has 4 amide bonds. The van der Waals surface area contributed by atoms with Crippen molar-refractivity contribution in [2.45, 2.75) is 50.7 Å². The zero-order valence-electron chi connectivity index (χ0n) is 22.1. The fourth-order valence-electron chi connectivity index (χ4n) is 5.35. The highest BCUT2D eigenvalue weighted by Gasteiger charge is 2.44. The maximum atomic E-state index is 13.8. The molecule has 2 aromatic carbocycles. The Morgan fingerprint density at radius 1 is 1.00 bits per heavy atom. The van der Waals surface area contributed by atoms with E-state index in [9.17, 15) is 24.3 Å². The lowest BCUT2D eigenvalue weighted by Crippen LogP contribution is -2.57. The molecule has 1 saturated carbocycles. The summed E-state index contributed by atoms with van der Waals surface area (Å²) in [6, 6.07) is 9.87. The average Bonchev–Trinajstić information content (AvgIpc) is 3.40. The summed E-state index contributed by atoms with van der Waals surface area (Å²) in [4.78, 5) is 55.1. The summed E-state index contributed by atoms with van der Waals surface area (Å²) < 4.78 is 5.24. The van der Waals surface area contributed by atoms with E-state index in [0.717, 1.165) is 32.1 Å². The highest BCUT2D eigenvalue weighted by molar-refractivity contribution is 6.42. The molecule has 0 spiro atoms. The van der Waals surface area contributed by atoms with Crippen LogP contribution >= 0.6 is 23.2 Å². The van der Waals surface area contributed by atoms with E-state index in [1.807, 2.05) is 0 Å². The van der Waals surface area contributed by atoms with Crippen LogP contribution in [0.2, 0.25) is 10.0 Å². The van der Waals surface area contributed by atoms with Gasteiger partial charge < -0.3 is 25.4 Å². The molecule has 1 heterocycles. The lowest BCUT2D eigenvalue weighted by atomic mass is 9.82. The quantitative estimate of drug-likeness (QED) is 0.403. The Hall–Kier alpha value is -3.50. The molecule has 40 heavy (non-hydrogen) atoms. The van der Waals surface area contributed by atoms with Gasteiger partial charge in [0.15, 0.2) is 6.17 Å². The second-order valence-electron chi connectivity index (χ2n) is 9.97. The second-order valence-corrected chi connectivity index (χ2v) is 10.8. The number of hydrogen-bond donors (Lipinski definition) is 3. The number of nitrogens with zero attached hydrogens (tertiary/aromatic N) is 2. The van der Waals surface area contributed by atoms with Gasteiger partial charge in [-0.3, -0.25) is 19.3 Å². The number of ether oxygens (including phenoxy) is 1. The summed E-state index contributed by atoms with van der Waals surface area (Å²) in [5, 5.41) is 15.7. The van der Waals surface area contributed by atoms with Crippen molar-refractivity contribution in [2.75, 3.05) is 25.5 Å². The van der Waals surface area contributed by atoms with Gasteiger partial charge in [0.05, 0.1) is 23.6 Å². The first-order valence-corrected chi connectivity index (χ1v) is 13.9. The first-order valence-electron chi connectivity index (χ1n) is 13.2. The van der Waals surface area contributed by atoms with Gasteiger partial charge >= 0.3 is 12.0 Å². The van der Waals surface area contributed by atoms with Gasteiger partial charge in [-0.15, -0.1) is 0 Å². The minimum absolute atomic E-state index is 0.00350. The van der Waals surface area contributed by atoms with Crippen LogP contribution in [0.3, 0.4) is 0 Å². The summed E-state index contributed by atoms with van der Waals surface area (Å²) in [5.41, 5.74) is 0.653. The SMILES string of the molecule is COc1cccc(C(=O)N2CCN(C(=O)Nc3ccc(Cl)c(Cl)c3)C2C(=O)NC(CC(=O)O)C2CCCCC2)c1. The molecule has 2 atom stereocenters. The van der Waals surface area contributed by atoms with Gasteiger partial charge in [0, 0.05) is 30.4 Å². The molecule has 2 unspecified atom stereocenters. The number of nitrogens with one attached hydrogen (secondary N) is 2. The summed E-state index contributed by atoms with van der Waals surface area (Å²) >= 11 is 12.1. The average molecular weight is 591 g/mol. The molecule has 12 heteroatoms. The van der Waals surface area contributed by atoms with E-state index in [1.54, 1.807) is 30.3 Å². The van der Waals surface area contributed by atoms with Gasteiger partial charge in [0.25, 0.3) is 11.8 Å². The largest absolute Gasteiger partial charge is 0.497 e. The maximum Gasteiger partial charge on any atom is 0.323 e. The van der Waals surface area contributed by atoms with Crippen LogP contribution < -0.4 is 15.4 Å². The molecule has 4 rings (SSSR count). The second kappa shape index (κ2) is 13.2. The number of aliphatic carboxylic acids is 1. The van der Waals surface area contributed by atoms with Crippen LogP contribution in [0.1, 0.15) is 48.9 Å². The first kappa shape index (κ1) is 29.5. The van der Waals surface area contributed by atoms with Crippen LogP contribution in [0.5, 0.6) is 5.75 Å². The molecule has 1 aliphatic carbocycles. The van der Waals surface area contributed by atoms with Crippen molar-refractivity contribution in [3.8, 4) is 5.75 Å². The molecular formula is C28H32Cl2N4O6. The highest BCUT2D eigenvalue weighted by atomic mass is 35.5. The fourth-order valence-corrected chi connectivity index (χ4v) is 5.64. The standard InChI is InChI=1S/C28H32Cl2N4O6/c1-40-20-9-5-8-18(14-20)27(38)33-12-13-34(28(39)31-19-10-11-21(29)22(30)15-19)26(33)25(37)32-23(16-24(35)36)17-6-3-2-4-7-17/h5,8-11,14-15,17,23,26H,2-4,6-7,12-13,16H2,1H3,(H,31,39)(H,32,37)(H,35,36). The van der Waals surface area contributed by atoms with E-state index < -0.39 is 36.0 Å². The molecule has 10 nitrogen and oxygen atoms in total. The number of methoxy groups -OCH3 is 1. The van der Waals surface area contributed by atoms with Gasteiger partial charge in [-0.05, 0) is 55.2 Å². The number of rotatable bonds is 8. The summed E-state index contributed by atoms with van der Waals surface area (Å²) in [5.74, 6) is -1.64. The molecular weight excluding hydrogens is 559 g/mol. The van der Waals surface area contributed by atoms with E-state index in [2.05, 4.69) is 10.6 Å². The zero-order chi connectivity index (χ0) is 28.8. The molecule has 1 saturated heterocycles. The Morgan fingerprint density at radius 2 is 1.73 bits per heavy atom. The van der Waals surface area contributed by atoms with Crippen LogP contribution in [-0.2, 0) is 9.59 Å². The van der Waals surface area contributed by atoms with Crippen molar-refractivity contribution in [1.29, 1.82) is 0 Å². The van der Waals surface area contributed by atoms with Gasteiger partial charge in [-0.25, -0.2) is 4.79 Å². The van der Waals surface area contributed by atoms with E-state index in [0.29, 0.717) is 22.0 Å². The number of carbonyl (C=O) groups excluding carboxylic acids is 3. The minimum atomic E-state index is -1.30. The smallest absolute Gasteiger partial charge is 0.323 e. The number of urea groups is 1. The number of hydrogen-bond acceptors (Lipinski definition) is 5. The minimum Gasteiger partial charge on any atom is -0.497 e. The van der Waals surface area contributed by atoms with Crippen LogP contribution in [0.4, 0.5) is 10.5 Å². The first-order chi connectivity index (χ1) is 19.2. The molecule has 214 valence electrons. The zero-order valence-corrected chi connectivity index (χ0v) is 23.6. The van der Waals surface area contributed by atoms with Crippen LogP contribution in [0.25, 0.3) is 0 Å². The number of benzene rings is 2. The van der Waals surface area contributed by atoms with E-state index in [1.165, 1.54) is 29.0 Å². The molecule has 1 aliphatic heterocycles. The van der Waals surface area contributed by atoms with Crippen LogP contribution in [-0.4, -0.2) is 71.1 Å². The van der Waals surface area contributed by atoms with Gasteiger partial charge in [-0.1, -0.05) is 48.5 Å². The number of anilines is 1. The molecule has 3 N–H and O–H groups in total. The van der Waals surface area contributed by atoms with E-state index in [4.69, 9.17) is 27.9 Å². The van der Waals surface area contributed by atoms with Crippen molar-refractivity contribution in [3.63, 3.8) is 0 Å². The number of carboxylic acid groups (broad SMARTS) is 1. The predicted molar refractivity (Wildman–Crippen MR) is 151 cm³/mol. The molecule has 0 aromatic heterocycles. The monoisotopic (exact) mass is 590 g/mol. The normalized spacial score (nSPS) is 18.2. The third-order valence-electron chi connectivity index (χ3n) is 7.36. The van der Waals surface area contributed by atoms with Crippen molar-refractivity contribution < 1.29 is 29.0 Å². The van der Waals surface area contributed by atoms with Crippen molar-refractivity contribution in [1.82, 2.24) is 15.1 Å². The van der Waals surface area contributed by atoms with Crippen LogP contribution in [0.15, 0.2) is 42.5 Å². The van der Waals surface area contributed by atoms with Gasteiger partial charge in [-0.2, -0.15) is 0 Å². The number of carboxylic acids is 1. The summed E-state index contributed by atoms with van der Waals surface area (Å²) in [6.45, 7) is 0.171. The van der Waals surface area contributed by atoms with Gasteiger partial charge in [0.2, 0.25) is 0 Å². The van der Waals surface area contributed by atoms with Crippen molar-refractivity contribution in [2.24, 2.45) is 5.92 Å². The highest BCUT2D eigenvalue weighted by Crippen LogP contribution is 2.29. The Morgan fingerprint density at radius 3 is 2.40 bits per heavy atom. The predicted octanol–water partition coefficient (Wildman–Crippen LogP) is 4.86.